The van der Waals surface area contributed by atoms with Crippen molar-refractivity contribution in [2.75, 3.05) is 18.0 Å². The Labute approximate surface area is 135 Å². The van der Waals surface area contributed by atoms with E-state index in [1.165, 1.54) is 0 Å². The van der Waals surface area contributed by atoms with Crippen molar-refractivity contribution in [1.29, 1.82) is 0 Å². The van der Waals surface area contributed by atoms with Crippen LogP contribution in [0.25, 0.3) is 0 Å². The van der Waals surface area contributed by atoms with E-state index in [-0.39, 0.29) is 11.9 Å². The summed E-state index contributed by atoms with van der Waals surface area (Å²) in [5.41, 5.74) is 6.91. The van der Waals surface area contributed by atoms with Gasteiger partial charge in [0.05, 0.1) is 5.69 Å². The van der Waals surface area contributed by atoms with Gasteiger partial charge in [-0.25, -0.2) is 4.98 Å². The number of nitrogens with one attached hydrogen (secondary N) is 1. The lowest BCUT2D eigenvalue weighted by Crippen LogP contribution is -2.45. The lowest BCUT2D eigenvalue weighted by Gasteiger charge is -2.33. The summed E-state index contributed by atoms with van der Waals surface area (Å²) in [7, 11) is 0. The van der Waals surface area contributed by atoms with Crippen molar-refractivity contribution in [2.24, 2.45) is 5.73 Å². The van der Waals surface area contributed by atoms with Crippen LogP contribution in [0.5, 0.6) is 0 Å². The molecule has 23 heavy (non-hydrogen) atoms. The average Bonchev–Trinajstić information content (AvgIpc) is 2.63. The lowest BCUT2D eigenvalue weighted by atomic mass is 10.0. The number of pyridine rings is 2. The van der Waals surface area contributed by atoms with Crippen molar-refractivity contribution in [3.8, 4) is 0 Å². The van der Waals surface area contributed by atoms with Crippen molar-refractivity contribution in [1.82, 2.24) is 15.3 Å². The molecule has 6 nitrogen and oxygen atoms in total. The van der Waals surface area contributed by atoms with Crippen molar-refractivity contribution >= 4 is 11.7 Å². The first kappa shape index (κ1) is 15.4. The van der Waals surface area contributed by atoms with Gasteiger partial charge < -0.3 is 16.0 Å². The first-order valence-electron chi connectivity index (χ1n) is 7.88. The monoisotopic (exact) mass is 311 g/mol. The summed E-state index contributed by atoms with van der Waals surface area (Å²) in [5, 5.41) is 3.10. The molecule has 1 amide bonds. The summed E-state index contributed by atoms with van der Waals surface area (Å²) in [6, 6.07) is 9.59. The molecule has 0 radical (unpaired) electrons. The van der Waals surface area contributed by atoms with Crippen LogP contribution in [0.2, 0.25) is 0 Å². The lowest BCUT2D eigenvalue weighted by molar-refractivity contribution is 0.0931. The van der Waals surface area contributed by atoms with E-state index in [0.717, 1.165) is 37.4 Å². The Hall–Kier alpha value is -2.47. The maximum atomic E-state index is 12.3. The van der Waals surface area contributed by atoms with E-state index in [9.17, 15) is 4.79 Å². The number of rotatable bonds is 4. The second-order valence-corrected chi connectivity index (χ2v) is 5.66. The molecular formula is C17H21N5O. The number of nitrogens with zero attached hydrogens (tertiary/aromatic N) is 3. The molecule has 1 saturated heterocycles. The molecule has 120 valence electrons. The number of anilines is 1. The van der Waals surface area contributed by atoms with E-state index >= 15 is 0 Å². The van der Waals surface area contributed by atoms with Crippen LogP contribution in [-0.4, -0.2) is 35.0 Å². The molecule has 3 heterocycles. The summed E-state index contributed by atoms with van der Waals surface area (Å²) in [4.78, 5) is 23.1. The zero-order valence-electron chi connectivity index (χ0n) is 13.0. The molecule has 0 atom stereocenters. The highest BCUT2D eigenvalue weighted by atomic mass is 16.1. The molecule has 0 aromatic carbocycles. The maximum absolute atomic E-state index is 12.3. The molecule has 6 heteroatoms. The summed E-state index contributed by atoms with van der Waals surface area (Å²) < 4.78 is 0. The number of hydrogen-bond acceptors (Lipinski definition) is 5. The highest BCUT2D eigenvalue weighted by molar-refractivity contribution is 5.94. The molecule has 0 unspecified atom stereocenters. The molecule has 0 spiro atoms. The van der Waals surface area contributed by atoms with Gasteiger partial charge in [0.1, 0.15) is 5.82 Å². The van der Waals surface area contributed by atoms with Gasteiger partial charge in [-0.15, -0.1) is 0 Å². The van der Waals surface area contributed by atoms with Gasteiger partial charge in [-0.2, -0.15) is 0 Å². The first-order valence-corrected chi connectivity index (χ1v) is 7.88. The summed E-state index contributed by atoms with van der Waals surface area (Å²) in [6.45, 7) is 2.13. The summed E-state index contributed by atoms with van der Waals surface area (Å²) in [5.74, 6) is 0.942. The second-order valence-electron chi connectivity index (χ2n) is 5.66. The number of piperidine rings is 1. The minimum Gasteiger partial charge on any atom is -0.356 e. The van der Waals surface area contributed by atoms with Crippen molar-refractivity contribution in [2.45, 2.75) is 25.4 Å². The standard InChI is InChI=1S/C17H21N5O/c18-12-15-11-13(4-8-19-15)17(23)21-14-5-9-22(10-6-14)16-3-1-2-7-20-16/h1-4,7-8,11,14H,5-6,9-10,12,18H2,(H,21,23). The summed E-state index contributed by atoms with van der Waals surface area (Å²) >= 11 is 0. The molecule has 1 fully saturated rings. The average molecular weight is 311 g/mol. The van der Waals surface area contributed by atoms with Gasteiger partial charge in [0.15, 0.2) is 0 Å². The number of carbonyl (C=O) groups excluding carboxylic acids is 1. The van der Waals surface area contributed by atoms with Crippen LogP contribution in [0, 0.1) is 0 Å². The molecule has 3 N–H and O–H groups in total. The van der Waals surface area contributed by atoms with Crippen LogP contribution in [-0.2, 0) is 6.54 Å². The highest BCUT2D eigenvalue weighted by Crippen LogP contribution is 2.17. The Morgan fingerprint density at radius 2 is 2.04 bits per heavy atom. The molecule has 3 rings (SSSR count). The third-order valence-electron chi connectivity index (χ3n) is 4.09. The van der Waals surface area contributed by atoms with E-state index in [2.05, 4.69) is 20.2 Å². The predicted molar refractivity (Wildman–Crippen MR) is 89.1 cm³/mol. The Bertz CT molecular complexity index is 653. The van der Waals surface area contributed by atoms with Gasteiger partial charge in [0, 0.05) is 43.6 Å². The van der Waals surface area contributed by atoms with Crippen molar-refractivity contribution in [3.63, 3.8) is 0 Å². The predicted octanol–water partition coefficient (Wildman–Crippen LogP) is 1.33. The van der Waals surface area contributed by atoms with Crippen LogP contribution in [0.15, 0.2) is 42.7 Å². The van der Waals surface area contributed by atoms with Gasteiger partial charge in [-0.1, -0.05) is 6.07 Å². The van der Waals surface area contributed by atoms with Crippen LogP contribution in [0.4, 0.5) is 5.82 Å². The van der Waals surface area contributed by atoms with Crippen LogP contribution in [0.1, 0.15) is 28.9 Å². The molecule has 1 aliphatic heterocycles. The minimum absolute atomic E-state index is 0.0570. The van der Waals surface area contributed by atoms with Gasteiger partial charge in [-0.05, 0) is 37.1 Å². The normalized spacial score (nSPS) is 15.4. The third kappa shape index (κ3) is 3.84. The van der Waals surface area contributed by atoms with Gasteiger partial charge in [0.2, 0.25) is 0 Å². The van der Waals surface area contributed by atoms with E-state index < -0.39 is 0 Å². The largest absolute Gasteiger partial charge is 0.356 e. The van der Waals surface area contributed by atoms with Gasteiger partial charge in [0.25, 0.3) is 5.91 Å². The number of aromatic nitrogens is 2. The first-order chi connectivity index (χ1) is 11.3. The molecule has 0 aliphatic carbocycles. The minimum atomic E-state index is -0.0570. The highest BCUT2D eigenvalue weighted by Gasteiger charge is 2.21. The Morgan fingerprint density at radius 3 is 2.74 bits per heavy atom. The zero-order valence-corrected chi connectivity index (χ0v) is 13.0. The van der Waals surface area contributed by atoms with E-state index in [0.29, 0.717) is 12.1 Å². The van der Waals surface area contributed by atoms with Crippen LogP contribution in [0.3, 0.4) is 0 Å². The molecule has 2 aromatic rings. The third-order valence-corrected chi connectivity index (χ3v) is 4.09. The van der Waals surface area contributed by atoms with Crippen molar-refractivity contribution in [3.05, 3.63) is 54.0 Å². The fourth-order valence-electron chi connectivity index (χ4n) is 2.79. The number of hydrogen-bond donors (Lipinski definition) is 2. The van der Waals surface area contributed by atoms with Gasteiger partial charge >= 0.3 is 0 Å². The summed E-state index contributed by atoms with van der Waals surface area (Å²) in [6.07, 6.45) is 5.26. The number of carbonyl (C=O) groups is 1. The Balaban J connectivity index is 1.55. The van der Waals surface area contributed by atoms with E-state index in [1.54, 1.807) is 18.3 Å². The fraction of sp³-hybridized carbons (Fsp3) is 0.353. The SMILES string of the molecule is NCc1cc(C(=O)NC2CCN(c3ccccn3)CC2)ccn1. The molecule has 2 aromatic heterocycles. The number of amides is 1. The smallest absolute Gasteiger partial charge is 0.251 e. The Kier molecular flexibility index (Phi) is 4.83. The number of nitrogens with two attached hydrogens (primary N) is 1. The molecule has 0 saturated carbocycles. The van der Waals surface area contributed by atoms with Crippen molar-refractivity contribution < 1.29 is 4.79 Å². The maximum Gasteiger partial charge on any atom is 0.251 e. The Morgan fingerprint density at radius 1 is 1.22 bits per heavy atom. The van der Waals surface area contributed by atoms with Crippen LogP contribution >= 0.6 is 0 Å². The fourth-order valence-corrected chi connectivity index (χ4v) is 2.79. The quantitative estimate of drug-likeness (QED) is 0.890. The molecule has 0 bridgehead atoms. The topological polar surface area (TPSA) is 84.1 Å². The zero-order chi connectivity index (χ0) is 16.1. The van der Waals surface area contributed by atoms with E-state index in [4.69, 9.17) is 5.73 Å². The van der Waals surface area contributed by atoms with Gasteiger partial charge in [-0.3, -0.25) is 9.78 Å². The molecular weight excluding hydrogens is 290 g/mol. The molecule has 1 aliphatic rings. The second kappa shape index (κ2) is 7.19. The van der Waals surface area contributed by atoms with Crippen LogP contribution < -0.4 is 16.0 Å². The van der Waals surface area contributed by atoms with E-state index in [1.807, 2.05) is 24.4 Å².